The van der Waals surface area contributed by atoms with Crippen LogP contribution in [0.3, 0.4) is 0 Å². The van der Waals surface area contributed by atoms with Gasteiger partial charge in [0.05, 0.1) is 6.04 Å². The van der Waals surface area contributed by atoms with Crippen molar-refractivity contribution < 1.29 is 4.74 Å². The number of fused-ring (bicyclic) bond motifs is 1. The van der Waals surface area contributed by atoms with Crippen LogP contribution in [0.4, 0.5) is 0 Å². The van der Waals surface area contributed by atoms with Crippen LogP contribution in [0.15, 0.2) is 0 Å². The molecule has 1 N–H and O–H groups in total. The fourth-order valence-electron chi connectivity index (χ4n) is 3.57. The summed E-state index contributed by atoms with van der Waals surface area (Å²) >= 11 is 0. The zero-order valence-corrected chi connectivity index (χ0v) is 12.6. The van der Waals surface area contributed by atoms with Gasteiger partial charge in [0.2, 0.25) is 0 Å². The minimum atomic E-state index is 0.368. The molecule has 1 fully saturated rings. The Bertz CT molecular complexity index is 445. The number of hydrogen-bond donors (Lipinski definition) is 1. The van der Waals surface area contributed by atoms with Crippen molar-refractivity contribution >= 4 is 0 Å². The summed E-state index contributed by atoms with van der Waals surface area (Å²) in [5.74, 6) is 2.70. The van der Waals surface area contributed by atoms with Gasteiger partial charge in [0.25, 0.3) is 0 Å². The average Bonchev–Trinajstić information content (AvgIpc) is 2.85. The minimum absolute atomic E-state index is 0.368. The van der Waals surface area contributed by atoms with E-state index in [2.05, 4.69) is 27.0 Å². The summed E-state index contributed by atoms with van der Waals surface area (Å²) in [5, 5.41) is 8.40. The Kier molecular flexibility index (Phi) is 4.36. The van der Waals surface area contributed by atoms with Crippen LogP contribution in [0.5, 0.6) is 0 Å². The van der Waals surface area contributed by atoms with Crippen LogP contribution < -0.4 is 5.32 Å². The summed E-state index contributed by atoms with van der Waals surface area (Å²) in [5.41, 5.74) is 0. The Labute approximate surface area is 121 Å². The second-order valence-electron chi connectivity index (χ2n) is 6.27. The number of methoxy groups -OCH3 is 1. The molecule has 5 nitrogen and oxygen atoms in total. The SMILES string of the molecule is COCc1nc2n(n1)CCC[C@@H]2N[C@H]1CCCC[C@@H]1C. The maximum atomic E-state index is 5.15. The van der Waals surface area contributed by atoms with Crippen molar-refractivity contribution in [3.63, 3.8) is 0 Å². The first-order valence-electron chi connectivity index (χ1n) is 7.96. The summed E-state index contributed by atoms with van der Waals surface area (Å²) < 4.78 is 7.22. The van der Waals surface area contributed by atoms with Crippen LogP contribution in [0.2, 0.25) is 0 Å². The van der Waals surface area contributed by atoms with E-state index in [0.717, 1.165) is 24.1 Å². The number of aromatic nitrogens is 3. The monoisotopic (exact) mass is 278 g/mol. The van der Waals surface area contributed by atoms with Crippen molar-refractivity contribution in [2.24, 2.45) is 5.92 Å². The molecule has 2 aliphatic rings. The molecule has 20 heavy (non-hydrogen) atoms. The molecule has 2 heterocycles. The Morgan fingerprint density at radius 3 is 2.90 bits per heavy atom. The van der Waals surface area contributed by atoms with Crippen LogP contribution in [-0.4, -0.2) is 27.9 Å². The highest BCUT2D eigenvalue weighted by Crippen LogP contribution is 2.29. The Morgan fingerprint density at radius 2 is 2.10 bits per heavy atom. The van der Waals surface area contributed by atoms with Crippen molar-refractivity contribution in [1.29, 1.82) is 0 Å². The lowest BCUT2D eigenvalue weighted by Crippen LogP contribution is -2.41. The van der Waals surface area contributed by atoms with Crippen molar-refractivity contribution in [2.45, 2.75) is 70.7 Å². The molecule has 1 aliphatic heterocycles. The first-order chi connectivity index (χ1) is 9.78. The fraction of sp³-hybridized carbons (Fsp3) is 0.867. The highest BCUT2D eigenvalue weighted by Gasteiger charge is 2.29. The standard InChI is InChI=1S/C15H26N4O/c1-11-6-3-4-7-12(11)16-13-8-5-9-19-15(13)17-14(18-19)10-20-2/h11-13,16H,3-10H2,1-2H3/t11-,12-,13-/m0/s1. The smallest absolute Gasteiger partial charge is 0.176 e. The van der Waals surface area contributed by atoms with E-state index in [-0.39, 0.29) is 0 Å². The highest BCUT2D eigenvalue weighted by atomic mass is 16.5. The van der Waals surface area contributed by atoms with Gasteiger partial charge in [-0.1, -0.05) is 19.8 Å². The molecule has 1 aromatic heterocycles. The molecule has 0 radical (unpaired) electrons. The van der Waals surface area contributed by atoms with Crippen LogP contribution in [-0.2, 0) is 17.9 Å². The van der Waals surface area contributed by atoms with Gasteiger partial charge in [-0.3, -0.25) is 0 Å². The Hall–Kier alpha value is -0.940. The molecule has 1 aliphatic carbocycles. The van der Waals surface area contributed by atoms with E-state index in [1.165, 1.54) is 38.5 Å². The third kappa shape index (κ3) is 2.88. The van der Waals surface area contributed by atoms with Gasteiger partial charge in [0, 0.05) is 19.7 Å². The van der Waals surface area contributed by atoms with Crippen molar-refractivity contribution in [1.82, 2.24) is 20.1 Å². The van der Waals surface area contributed by atoms with Crippen molar-refractivity contribution in [3.8, 4) is 0 Å². The van der Waals surface area contributed by atoms with Gasteiger partial charge >= 0.3 is 0 Å². The van der Waals surface area contributed by atoms with Gasteiger partial charge in [-0.15, -0.1) is 0 Å². The number of aryl methyl sites for hydroxylation is 1. The molecule has 0 amide bonds. The van der Waals surface area contributed by atoms with Gasteiger partial charge in [0.15, 0.2) is 5.82 Å². The average molecular weight is 278 g/mol. The summed E-state index contributed by atoms with van der Waals surface area (Å²) in [6, 6.07) is 1.01. The Balaban J connectivity index is 1.72. The lowest BCUT2D eigenvalue weighted by molar-refractivity contribution is 0.177. The minimum Gasteiger partial charge on any atom is -0.377 e. The quantitative estimate of drug-likeness (QED) is 0.919. The maximum absolute atomic E-state index is 5.15. The first kappa shape index (κ1) is 14.0. The summed E-state index contributed by atoms with van der Waals surface area (Å²) in [6.45, 7) is 3.87. The molecule has 0 spiro atoms. The topological polar surface area (TPSA) is 52.0 Å². The lowest BCUT2D eigenvalue weighted by Gasteiger charge is -2.34. The second-order valence-corrected chi connectivity index (χ2v) is 6.27. The molecule has 0 aromatic carbocycles. The van der Waals surface area contributed by atoms with Crippen molar-refractivity contribution in [3.05, 3.63) is 11.6 Å². The molecule has 3 atom stereocenters. The fourth-order valence-corrected chi connectivity index (χ4v) is 3.57. The molecule has 0 unspecified atom stereocenters. The predicted octanol–water partition coefficient (Wildman–Crippen LogP) is 2.43. The van der Waals surface area contributed by atoms with Crippen LogP contribution in [0.1, 0.15) is 63.1 Å². The van der Waals surface area contributed by atoms with Gasteiger partial charge in [-0.2, -0.15) is 5.10 Å². The lowest BCUT2D eigenvalue weighted by atomic mass is 9.85. The third-order valence-electron chi connectivity index (χ3n) is 4.72. The number of hydrogen-bond acceptors (Lipinski definition) is 4. The number of rotatable bonds is 4. The molecule has 5 heteroatoms. The normalized spacial score (nSPS) is 30.2. The molecule has 112 valence electrons. The van der Waals surface area contributed by atoms with E-state index in [4.69, 9.17) is 4.74 Å². The summed E-state index contributed by atoms with van der Waals surface area (Å²) in [7, 11) is 1.69. The third-order valence-corrected chi connectivity index (χ3v) is 4.72. The maximum Gasteiger partial charge on any atom is 0.176 e. The van der Waals surface area contributed by atoms with Gasteiger partial charge in [-0.05, 0) is 31.6 Å². The zero-order chi connectivity index (χ0) is 13.9. The Morgan fingerprint density at radius 1 is 1.25 bits per heavy atom. The molecular weight excluding hydrogens is 252 g/mol. The second kappa shape index (κ2) is 6.22. The van der Waals surface area contributed by atoms with E-state index in [1.807, 2.05) is 0 Å². The van der Waals surface area contributed by atoms with Gasteiger partial charge < -0.3 is 10.1 Å². The first-order valence-corrected chi connectivity index (χ1v) is 7.96. The highest BCUT2D eigenvalue weighted by molar-refractivity contribution is 5.03. The van der Waals surface area contributed by atoms with Crippen LogP contribution in [0, 0.1) is 5.92 Å². The predicted molar refractivity (Wildman–Crippen MR) is 77.3 cm³/mol. The number of ether oxygens (including phenoxy) is 1. The zero-order valence-electron chi connectivity index (χ0n) is 12.6. The van der Waals surface area contributed by atoms with Gasteiger partial charge in [-0.25, -0.2) is 9.67 Å². The van der Waals surface area contributed by atoms with E-state index >= 15 is 0 Å². The summed E-state index contributed by atoms with van der Waals surface area (Å²) in [6.07, 6.45) is 7.76. The van der Waals surface area contributed by atoms with Gasteiger partial charge in [0.1, 0.15) is 12.4 Å². The van der Waals surface area contributed by atoms with E-state index in [1.54, 1.807) is 7.11 Å². The largest absolute Gasteiger partial charge is 0.377 e. The number of nitrogens with one attached hydrogen (secondary N) is 1. The van der Waals surface area contributed by atoms with Crippen LogP contribution >= 0.6 is 0 Å². The molecule has 3 rings (SSSR count). The molecule has 0 saturated heterocycles. The van der Waals surface area contributed by atoms with E-state index in [0.29, 0.717) is 18.7 Å². The molecule has 1 aromatic rings. The van der Waals surface area contributed by atoms with E-state index < -0.39 is 0 Å². The van der Waals surface area contributed by atoms with E-state index in [9.17, 15) is 0 Å². The summed E-state index contributed by atoms with van der Waals surface area (Å²) in [4.78, 5) is 4.68. The van der Waals surface area contributed by atoms with Crippen molar-refractivity contribution in [2.75, 3.05) is 7.11 Å². The molecular formula is C15H26N4O. The van der Waals surface area contributed by atoms with Crippen LogP contribution in [0.25, 0.3) is 0 Å². The number of nitrogens with zero attached hydrogens (tertiary/aromatic N) is 3. The molecule has 0 bridgehead atoms. The molecule has 1 saturated carbocycles.